The van der Waals surface area contributed by atoms with Crippen LogP contribution in [0.2, 0.25) is 5.02 Å². The van der Waals surface area contributed by atoms with Crippen molar-refractivity contribution in [3.63, 3.8) is 0 Å². The second-order valence-corrected chi connectivity index (χ2v) is 4.74. The summed E-state index contributed by atoms with van der Waals surface area (Å²) in [5.74, 6) is -1.05. The number of hydrogen-bond donors (Lipinski definition) is 2. The highest BCUT2D eigenvalue weighted by Gasteiger charge is 2.31. The maximum Gasteiger partial charge on any atom is 0.417 e. The Bertz CT molecular complexity index is 678. The van der Waals surface area contributed by atoms with Gasteiger partial charge in [0.15, 0.2) is 0 Å². The lowest BCUT2D eigenvalue weighted by molar-refractivity contribution is -0.137. The molecule has 132 valence electrons. The van der Waals surface area contributed by atoms with Crippen molar-refractivity contribution >= 4 is 17.6 Å². The van der Waals surface area contributed by atoms with Crippen molar-refractivity contribution in [3.8, 4) is 0 Å². The van der Waals surface area contributed by atoms with E-state index in [-0.39, 0.29) is 23.2 Å². The summed E-state index contributed by atoms with van der Waals surface area (Å²) in [5.41, 5.74) is 0.226. The molecular weight excluding hydrogens is 359 g/mol. The standard InChI is InChI=1S/C14H9ClF3NO2.F2.H3N/c15-11-6-10(14(16,17)18)7-19-12(11)5-8-1-3-9(4-2-8)13(20)21;1-2;/h1-4,6-7H,5H2,(H,20,21);;1H3. The third-order valence-corrected chi connectivity index (χ3v) is 3.14. The van der Waals surface area contributed by atoms with E-state index in [0.717, 1.165) is 12.3 Å². The first-order valence-electron chi connectivity index (χ1n) is 5.95. The van der Waals surface area contributed by atoms with Gasteiger partial charge in [0.1, 0.15) is 0 Å². The number of pyridine rings is 1. The molecule has 0 fully saturated rings. The van der Waals surface area contributed by atoms with Gasteiger partial charge in [-0.05, 0) is 23.8 Å². The van der Waals surface area contributed by atoms with Gasteiger partial charge in [-0.15, -0.1) is 0 Å². The van der Waals surface area contributed by atoms with Gasteiger partial charge < -0.3 is 11.3 Å². The second kappa shape index (κ2) is 9.14. The first kappa shape index (κ1) is 21.7. The Morgan fingerprint density at radius 3 is 2.12 bits per heavy atom. The summed E-state index contributed by atoms with van der Waals surface area (Å²) in [7, 11) is 0. The highest BCUT2D eigenvalue weighted by molar-refractivity contribution is 6.31. The first-order chi connectivity index (χ1) is 10.8. The fourth-order valence-electron chi connectivity index (χ4n) is 1.71. The summed E-state index contributed by atoms with van der Waals surface area (Å²) >= 11 is 5.81. The molecule has 10 heteroatoms. The summed E-state index contributed by atoms with van der Waals surface area (Å²) in [5, 5.41) is 8.70. The largest absolute Gasteiger partial charge is 0.478 e. The number of aromatic nitrogens is 1. The Morgan fingerprint density at radius 1 is 1.17 bits per heavy atom. The van der Waals surface area contributed by atoms with Gasteiger partial charge in [0.2, 0.25) is 0 Å². The Kier molecular flexibility index (Phi) is 8.28. The number of rotatable bonds is 3. The van der Waals surface area contributed by atoms with Crippen molar-refractivity contribution in [1.82, 2.24) is 11.1 Å². The lowest BCUT2D eigenvalue weighted by atomic mass is 10.1. The van der Waals surface area contributed by atoms with E-state index in [1.807, 2.05) is 0 Å². The molecule has 2 rings (SSSR count). The van der Waals surface area contributed by atoms with Crippen molar-refractivity contribution in [1.29, 1.82) is 0 Å². The molecule has 0 saturated carbocycles. The predicted molar refractivity (Wildman–Crippen MR) is 77.7 cm³/mol. The van der Waals surface area contributed by atoms with Gasteiger partial charge in [-0.25, -0.2) is 4.79 Å². The van der Waals surface area contributed by atoms with Gasteiger partial charge >= 0.3 is 12.1 Å². The average Bonchev–Trinajstić information content (AvgIpc) is 2.51. The van der Waals surface area contributed by atoms with Crippen molar-refractivity contribution < 1.29 is 32.2 Å². The number of alkyl halides is 3. The van der Waals surface area contributed by atoms with Crippen LogP contribution in [0.3, 0.4) is 0 Å². The highest BCUT2D eigenvalue weighted by Crippen LogP contribution is 2.31. The van der Waals surface area contributed by atoms with Crippen LogP contribution in [0.25, 0.3) is 0 Å². The van der Waals surface area contributed by atoms with Crippen LogP contribution in [0.1, 0.15) is 27.2 Å². The summed E-state index contributed by atoms with van der Waals surface area (Å²) in [6.45, 7) is 0. The molecule has 0 bridgehead atoms. The molecule has 1 aromatic carbocycles. The van der Waals surface area contributed by atoms with Crippen LogP contribution in [-0.2, 0) is 12.6 Å². The molecular formula is C14H12ClF5N2O2. The van der Waals surface area contributed by atoms with Crippen LogP contribution in [0, 0.1) is 0 Å². The second-order valence-electron chi connectivity index (χ2n) is 4.33. The number of hydrogen-bond acceptors (Lipinski definition) is 3. The number of carboxylic acids is 1. The highest BCUT2D eigenvalue weighted by atomic mass is 35.5. The normalized spacial score (nSPS) is 10.2. The lowest BCUT2D eigenvalue weighted by Crippen LogP contribution is -2.07. The van der Waals surface area contributed by atoms with E-state index < -0.39 is 17.7 Å². The zero-order chi connectivity index (χ0) is 17.6. The molecule has 0 radical (unpaired) electrons. The molecule has 2 aromatic rings. The van der Waals surface area contributed by atoms with E-state index in [1.54, 1.807) is 12.1 Å². The third-order valence-electron chi connectivity index (χ3n) is 2.82. The minimum atomic E-state index is -4.49. The predicted octanol–water partition coefficient (Wildman–Crippen LogP) is 5.05. The van der Waals surface area contributed by atoms with Crippen LogP contribution in [-0.4, -0.2) is 16.1 Å². The number of nitrogens with zero attached hydrogens (tertiary/aromatic N) is 1. The van der Waals surface area contributed by atoms with E-state index in [9.17, 15) is 18.0 Å². The molecule has 0 saturated heterocycles. The molecule has 1 aromatic heterocycles. The quantitative estimate of drug-likeness (QED) is 0.741. The summed E-state index contributed by atoms with van der Waals surface area (Å²) in [4.78, 5) is 14.4. The maximum absolute atomic E-state index is 12.5. The Morgan fingerprint density at radius 2 is 1.71 bits per heavy atom. The monoisotopic (exact) mass is 370 g/mol. The smallest absolute Gasteiger partial charge is 0.417 e. The molecule has 0 unspecified atom stereocenters. The minimum Gasteiger partial charge on any atom is -0.478 e. The molecule has 24 heavy (non-hydrogen) atoms. The molecule has 0 spiro atoms. The van der Waals surface area contributed by atoms with Crippen molar-refractivity contribution in [2.24, 2.45) is 0 Å². The van der Waals surface area contributed by atoms with Crippen LogP contribution < -0.4 is 6.15 Å². The van der Waals surface area contributed by atoms with E-state index in [1.165, 1.54) is 12.1 Å². The van der Waals surface area contributed by atoms with Gasteiger partial charge in [-0.3, -0.25) is 4.98 Å². The average molecular weight is 371 g/mol. The van der Waals surface area contributed by atoms with Crippen molar-refractivity contribution in [2.75, 3.05) is 0 Å². The number of benzene rings is 1. The molecule has 1 heterocycles. The fraction of sp³-hybridized carbons (Fsp3) is 0.143. The van der Waals surface area contributed by atoms with Crippen LogP contribution in [0.4, 0.5) is 22.3 Å². The topological polar surface area (TPSA) is 85.2 Å². The Balaban J connectivity index is 0.00000170. The molecule has 0 aliphatic heterocycles. The van der Waals surface area contributed by atoms with Gasteiger partial charge in [0, 0.05) is 21.8 Å². The third kappa shape index (κ3) is 5.74. The molecule has 4 N–H and O–H groups in total. The number of carboxylic acid groups (broad SMARTS) is 1. The lowest BCUT2D eigenvalue weighted by Gasteiger charge is -2.09. The molecule has 4 nitrogen and oxygen atoms in total. The van der Waals surface area contributed by atoms with Crippen LogP contribution >= 0.6 is 11.6 Å². The minimum absolute atomic E-state index is 0. The summed E-state index contributed by atoms with van der Waals surface area (Å²) in [6.07, 6.45) is -3.54. The van der Waals surface area contributed by atoms with Crippen molar-refractivity contribution in [3.05, 3.63) is 63.9 Å². The first-order valence-corrected chi connectivity index (χ1v) is 6.33. The SMILES string of the molecule is FF.N.O=C(O)c1ccc(Cc2ncc(C(F)(F)F)cc2Cl)cc1. The van der Waals surface area contributed by atoms with Gasteiger partial charge in [0.25, 0.3) is 0 Å². The Labute approximate surface area is 138 Å². The molecule has 0 atom stereocenters. The fourth-order valence-corrected chi connectivity index (χ4v) is 1.94. The molecule has 0 aliphatic carbocycles. The van der Waals surface area contributed by atoms with Crippen LogP contribution in [0.5, 0.6) is 0 Å². The van der Waals surface area contributed by atoms with E-state index in [4.69, 9.17) is 25.9 Å². The zero-order valence-electron chi connectivity index (χ0n) is 11.9. The zero-order valence-corrected chi connectivity index (χ0v) is 12.7. The van der Waals surface area contributed by atoms with E-state index >= 15 is 0 Å². The Hall–Kier alpha value is -2.26. The van der Waals surface area contributed by atoms with E-state index in [2.05, 4.69) is 4.98 Å². The van der Waals surface area contributed by atoms with E-state index in [0.29, 0.717) is 11.3 Å². The van der Waals surface area contributed by atoms with Gasteiger partial charge in [-0.1, -0.05) is 23.7 Å². The molecule has 0 amide bonds. The number of aromatic carboxylic acids is 1. The van der Waals surface area contributed by atoms with Gasteiger partial charge in [-0.2, -0.15) is 13.2 Å². The van der Waals surface area contributed by atoms with Crippen LogP contribution in [0.15, 0.2) is 36.5 Å². The van der Waals surface area contributed by atoms with Gasteiger partial charge in [0.05, 0.1) is 21.8 Å². The summed E-state index contributed by atoms with van der Waals surface area (Å²) in [6, 6.07) is 6.79. The summed E-state index contributed by atoms with van der Waals surface area (Å²) < 4.78 is 53.5. The number of carbonyl (C=O) groups is 1. The van der Waals surface area contributed by atoms with Crippen molar-refractivity contribution in [2.45, 2.75) is 12.6 Å². The maximum atomic E-state index is 12.5. The number of halogens is 6. The molecule has 0 aliphatic rings.